The maximum absolute atomic E-state index is 11.5. The molecule has 0 aromatic carbocycles. The minimum absolute atomic E-state index is 0.188. The zero-order valence-corrected chi connectivity index (χ0v) is 12.5. The molecule has 0 aliphatic heterocycles. The third-order valence-electron chi connectivity index (χ3n) is 3.35. The molecule has 21 heavy (non-hydrogen) atoms. The summed E-state index contributed by atoms with van der Waals surface area (Å²) in [5.41, 5.74) is 2.65. The van der Waals surface area contributed by atoms with E-state index in [0.29, 0.717) is 17.9 Å². The molecule has 0 amide bonds. The Kier molecular flexibility index (Phi) is 3.34. The smallest absolute Gasteiger partial charge is 0.339 e. The molecule has 3 heterocycles. The number of rotatable bonds is 4. The largest absolute Gasteiger partial charge is 0.478 e. The molecule has 0 bridgehead atoms. The highest BCUT2D eigenvalue weighted by molar-refractivity contribution is 7.07. The highest BCUT2D eigenvalue weighted by Crippen LogP contribution is 2.29. The predicted octanol–water partition coefficient (Wildman–Crippen LogP) is 2.36. The lowest BCUT2D eigenvalue weighted by Gasteiger charge is -2.21. The second kappa shape index (κ2) is 5.17. The van der Waals surface area contributed by atoms with Gasteiger partial charge in [0.2, 0.25) is 0 Å². The maximum atomic E-state index is 11.5. The molecule has 108 valence electrons. The van der Waals surface area contributed by atoms with Gasteiger partial charge in [0.25, 0.3) is 0 Å². The van der Waals surface area contributed by atoms with Crippen LogP contribution in [-0.4, -0.2) is 32.9 Å². The van der Waals surface area contributed by atoms with Crippen molar-refractivity contribution in [2.24, 2.45) is 7.05 Å². The van der Waals surface area contributed by atoms with Crippen molar-refractivity contribution in [1.29, 1.82) is 0 Å². The summed E-state index contributed by atoms with van der Waals surface area (Å²) in [6.07, 6.45) is 3.06. The number of carbonyl (C=O) groups is 1. The lowest BCUT2D eigenvalue weighted by molar-refractivity contribution is 0.0697. The maximum Gasteiger partial charge on any atom is 0.339 e. The predicted molar refractivity (Wildman–Crippen MR) is 81.9 cm³/mol. The van der Waals surface area contributed by atoms with Gasteiger partial charge in [-0.1, -0.05) is 0 Å². The van der Waals surface area contributed by atoms with Crippen LogP contribution in [0.5, 0.6) is 0 Å². The van der Waals surface area contributed by atoms with Gasteiger partial charge in [0.15, 0.2) is 5.65 Å². The zero-order valence-electron chi connectivity index (χ0n) is 11.6. The number of aromatic nitrogens is 3. The Morgan fingerprint density at radius 2 is 2.29 bits per heavy atom. The molecular weight excluding hydrogens is 288 g/mol. The summed E-state index contributed by atoms with van der Waals surface area (Å²) < 4.78 is 1.64. The fourth-order valence-electron chi connectivity index (χ4n) is 2.39. The minimum atomic E-state index is -0.986. The van der Waals surface area contributed by atoms with Gasteiger partial charge in [-0.3, -0.25) is 4.68 Å². The molecule has 6 nitrogen and oxygen atoms in total. The highest BCUT2D eigenvalue weighted by Gasteiger charge is 2.20. The van der Waals surface area contributed by atoms with Crippen molar-refractivity contribution >= 4 is 34.0 Å². The first-order valence-corrected chi connectivity index (χ1v) is 7.28. The number of hydrogen-bond donors (Lipinski definition) is 1. The van der Waals surface area contributed by atoms with Crippen molar-refractivity contribution in [3.63, 3.8) is 0 Å². The van der Waals surface area contributed by atoms with Crippen LogP contribution in [0.4, 0.5) is 5.69 Å². The summed E-state index contributed by atoms with van der Waals surface area (Å²) >= 11 is 1.62. The van der Waals surface area contributed by atoms with E-state index in [0.717, 1.165) is 10.9 Å². The van der Waals surface area contributed by atoms with E-state index in [1.54, 1.807) is 29.3 Å². The monoisotopic (exact) mass is 302 g/mol. The minimum Gasteiger partial charge on any atom is -0.478 e. The first kappa shape index (κ1) is 13.6. The lowest BCUT2D eigenvalue weighted by Crippen LogP contribution is -2.19. The average Bonchev–Trinajstić information content (AvgIpc) is 3.08. The SMILES string of the molecule is CN(Cc1ccsc1)c1c(C(=O)O)cnc2c1cnn2C. The molecule has 3 aromatic rings. The summed E-state index contributed by atoms with van der Waals surface area (Å²) in [7, 11) is 3.67. The van der Waals surface area contributed by atoms with Crippen LogP contribution in [0.25, 0.3) is 11.0 Å². The molecule has 0 saturated heterocycles. The molecule has 0 aliphatic rings. The Bertz CT molecular complexity index is 795. The molecule has 0 radical (unpaired) electrons. The second-order valence-electron chi connectivity index (χ2n) is 4.82. The summed E-state index contributed by atoms with van der Waals surface area (Å²) in [4.78, 5) is 17.6. The number of carboxylic acids is 1. The summed E-state index contributed by atoms with van der Waals surface area (Å²) in [5.74, 6) is -0.986. The number of pyridine rings is 1. The number of thiophene rings is 1. The number of aromatic carboxylic acids is 1. The van der Waals surface area contributed by atoms with Gasteiger partial charge in [0.05, 0.1) is 17.3 Å². The molecule has 0 aliphatic carbocycles. The second-order valence-corrected chi connectivity index (χ2v) is 5.60. The Labute approximate surface area is 125 Å². The van der Waals surface area contributed by atoms with Gasteiger partial charge in [0.1, 0.15) is 5.56 Å². The third-order valence-corrected chi connectivity index (χ3v) is 4.08. The zero-order chi connectivity index (χ0) is 15.0. The van der Waals surface area contributed by atoms with E-state index in [2.05, 4.69) is 15.5 Å². The standard InChI is InChI=1S/C14H14N4O2S/c1-17(7-9-3-4-21-8-9)12-10-6-16-18(2)13(10)15-5-11(12)14(19)20/h3-6,8H,7H2,1-2H3,(H,19,20). The van der Waals surface area contributed by atoms with Crippen LogP contribution < -0.4 is 4.90 Å². The van der Waals surface area contributed by atoms with Crippen molar-refractivity contribution in [3.8, 4) is 0 Å². The Balaban J connectivity index is 2.13. The lowest BCUT2D eigenvalue weighted by atomic mass is 10.1. The highest BCUT2D eigenvalue weighted by atomic mass is 32.1. The van der Waals surface area contributed by atoms with Crippen molar-refractivity contribution in [2.75, 3.05) is 11.9 Å². The number of aryl methyl sites for hydroxylation is 1. The van der Waals surface area contributed by atoms with Crippen LogP contribution in [0.1, 0.15) is 15.9 Å². The molecule has 0 fully saturated rings. The number of anilines is 1. The van der Waals surface area contributed by atoms with Gasteiger partial charge < -0.3 is 10.0 Å². The van der Waals surface area contributed by atoms with E-state index in [1.165, 1.54) is 6.20 Å². The normalized spacial score (nSPS) is 11.0. The fourth-order valence-corrected chi connectivity index (χ4v) is 3.05. The molecule has 0 unspecified atom stereocenters. The average molecular weight is 302 g/mol. The van der Waals surface area contributed by atoms with E-state index in [1.807, 2.05) is 23.4 Å². The molecule has 0 spiro atoms. The van der Waals surface area contributed by atoms with Crippen LogP contribution in [0, 0.1) is 0 Å². The number of nitrogens with zero attached hydrogens (tertiary/aromatic N) is 4. The third kappa shape index (κ3) is 2.36. The molecule has 0 saturated carbocycles. The quantitative estimate of drug-likeness (QED) is 0.801. The molecule has 0 atom stereocenters. The van der Waals surface area contributed by atoms with Crippen molar-refractivity contribution in [1.82, 2.24) is 14.8 Å². The Hall–Kier alpha value is -2.41. The van der Waals surface area contributed by atoms with Gasteiger partial charge >= 0.3 is 5.97 Å². The van der Waals surface area contributed by atoms with E-state index < -0.39 is 5.97 Å². The van der Waals surface area contributed by atoms with Crippen LogP contribution >= 0.6 is 11.3 Å². The van der Waals surface area contributed by atoms with Gasteiger partial charge in [-0.25, -0.2) is 9.78 Å². The van der Waals surface area contributed by atoms with Crippen LogP contribution in [-0.2, 0) is 13.6 Å². The van der Waals surface area contributed by atoms with Gasteiger partial charge in [-0.15, -0.1) is 0 Å². The van der Waals surface area contributed by atoms with Crippen LogP contribution in [0.2, 0.25) is 0 Å². The number of carboxylic acid groups (broad SMARTS) is 1. The van der Waals surface area contributed by atoms with Crippen molar-refractivity contribution in [3.05, 3.63) is 40.3 Å². The van der Waals surface area contributed by atoms with Gasteiger partial charge in [0, 0.05) is 26.8 Å². The molecule has 1 N–H and O–H groups in total. The van der Waals surface area contributed by atoms with Crippen molar-refractivity contribution in [2.45, 2.75) is 6.54 Å². The Morgan fingerprint density at radius 3 is 2.95 bits per heavy atom. The Morgan fingerprint density at radius 1 is 1.48 bits per heavy atom. The molecule has 3 rings (SSSR count). The number of fused-ring (bicyclic) bond motifs is 1. The van der Waals surface area contributed by atoms with Gasteiger partial charge in [-0.05, 0) is 22.4 Å². The summed E-state index contributed by atoms with van der Waals surface area (Å²) in [5, 5.41) is 18.4. The van der Waals surface area contributed by atoms with E-state index in [9.17, 15) is 9.90 Å². The van der Waals surface area contributed by atoms with Gasteiger partial charge in [-0.2, -0.15) is 16.4 Å². The number of hydrogen-bond acceptors (Lipinski definition) is 5. The van der Waals surface area contributed by atoms with Crippen LogP contribution in [0.3, 0.4) is 0 Å². The van der Waals surface area contributed by atoms with Crippen molar-refractivity contribution < 1.29 is 9.90 Å². The summed E-state index contributed by atoms with van der Waals surface area (Å²) in [6.45, 7) is 0.637. The first-order valence-electron chi connectivity index (χ1n) is 6.34. The molecular formula is C14H14N4O2S. The van der Waals surface area contributed by atoms with Crippen LogP contribution in [0.15, 0.2) is 29.2 Å². The topological polar surface area (TPSA) is 71.2 Å². The fraction of sp³-hybridized carbons (Fsp3) is 0.214. The van der Waals surface area contributed by atoms with E-state index in [4.69, 9.17) is 0 Å². The molecule has 7 heteroatoms. The molecule has 3 aromatic heterocycles. The first-order chi connectivity index (χ1) is 10.1. The van der Waals surface area contributed by atoms with E-state index >= 15 is 0 Å². The van der Waals surface area contributed by atoms with E-state index in [-0.39, 0.29) is 5.56 Å². The summed E-state index contributed by atoms with van der Waals surface area (Å²) in [6, 6.07) is 2.03.